The van der Waals surface area contributed by atoms with Crippen LogP contribution in [0, 0.1) is 0 Å². The number of halogens is 1. The van der Waals surface area contributed by atoms with Gasteiger partial charge in [-0.1, -0.05) is 0 Å². The summed E-state index contributed by atoms with van der Waals surface area (Å²) in [6, 6.07) is 4.91. The smallest absolute Gasteiger partial charge is 0.265 e. The first-order chi connectivity index (χ1) is 11.5. The van der Waals surface area contributed by atoms with Crippen LogP contribution in [-0.4, -0.2) is 54.7 Å². The number of likely N-dealkylation sites (N-methyl/N-ethyl adjacent to an activating group) is 1. The van der Waals surface area contributed by atoms with E-state index in [1.807, 2.05) is 13.8 Å². The van der Waals surface area contributed by atoms with Gasteiger partial charge in [-0.05, 0) is 32.0 Å². The Morgan fingerprint density at radius 1 is 1.33 bits per heavy atom. The minimum Gasteiger partial charge on any atom is -0.482 e. The SMILES string of the molecule is CCN(CC)C(=O)CN1C(=O)COc2ccc(NC(=O)CCl)cc21. The highest BCUT2D eigenvalue weighted by molar-refractivity contribution is 6.29. The van der Waals surface area contributed by atoms with Gasteiger partial charge in [0.1, 0.15) is 18.2 Å². The largest absolute Gasteiger partial charge is 0.482 e. The summed E-state index contributed by atoms with van der Waals surface area (Å²) in [5, 5.41) is 2.62. The number of ether oxygens (including phenoxy) is 1. The maximum atomic E-state index is 12.3. The van der Waals surface area contributed by atoms with Crippen molar-refractivity contribution in [3.05, 3.63) is 18.2 Å². The maximum absolute atomic E-state index is 12.3. The molecule has 0 fully saturated rings. The van der Waals surface area contributed by atoms with E-state index in [0.29, 0.717) is 30.2 Å². The first-order valence-corrected chi connectivity index (χ1v) is 8.24. The number of alkyl halides is 1. The molecule has 7 nitrogen and oxygen atoms in total. The van der Waals surface area contributed by atoms with E-state index in [0.717, 1.165) is 0 Å². The molecule has 8 heteroatoms. The number of benzene rings is 1. The summed E-state index contributed by atoms with van der Waals surface area (Å²) >= 11 is 5.48. The molecule has 0 aromatic heterocycles. The van der Waals surface area contributed by atoms with Gasteiger partial charge in [0.15, 0.2) is 6.61 Å². The molecule has 3 amide bonds. The van der Waals surface area contributed by atoms with E-state index < -0.39 is 0 Å². The van der Waals surface area contributed by atoms with Crippen LogP contribution in [0.5, 0.6) is 5.75 Å². The molecule has 0 saturated carbocycles. The van der Waals surface area contributed by atoms with Gasteiger partial charge in [-0.3, -0.25) is 19.3 Å². The molecule has 1 aromatic rings. The van der Waals surface area contributed by atoms with Crippen LogP contribution in [0.3, 0.4) is 0 Å². The number of nitrogens with zero attached hydrogens (tertiary/aromatic N) is 2. The average molecular weight is 354 g/mol. The Bertz CT molecular complexity index is 646. The normalized spacial score (nSPS) is 13.1. The third-order valence-electron chi connectivity index (χ3n) is 3.72. The molecule has 0 aliphatic carbocycles. The van der Waals surface area contributed by atoms with Crippen molar-refractivity contribution in [2.75, 3.05) is 42.3 Å². The van der Waals surface area contributed by atoms with Gasteiger partial charge in [0, 0.05) is 18.8 Å². The van der Waals surface area contributed by atoms with Gasteiger partial charge in [-0.15, -0.1) is 11.6 Å². The number of hydrogen-bond donors (Lipinski definition) is 1. The van der Waals surface area contributed by atoms with E-state index in [2.05, 4.69) is 5.32 Å². The lowest BCUT2D eigenvalue weighted by Crippen LogP contribution is -2.46. The molecular weight excluding hydrogens is 334 g/mol. The number of hydrogen-bond acceptors (Lipinski definition) is 4. The molecule has 1 N–H and O–H groups in total. The van der Waals surface area contributed by atoms with Crippen molar-refractivity contribution in [1.82, 2.24) is 4.90 Å². The number of carbonyl (C=O) groups is 3. The van der Waals surface area contributed by atoms with Crippen LogP contribution < -0.4 is 15.0 Å². The fraction of sp³-hybridized carbons (Fsp3) is 0.438. The number of fused-ring (bicyclic) bond motifs is 1. The van der Waals surface area contributed by atoms with Crippen molar-refractivity contribution in [2.45, 2.75) is 13.8 Å². The number of anilines is 2. The summed E-state index contributed by atoms with van der Waals surface area (Å²) in [5.41, 5.74) is 0.942. The molecule has 0 spiro atoms. The lowest BCUT2D eigenvalue weighted by Gasteiger charge is -2.31. The molecule has 0 saturated heterocycles. The second-order valence-corrected chi connectivity index (χ2v) is 5.47. The summed E-state index contributed by atoms with van der Waals surface area (Å²) < 4.78 is 5.39. The van der Waals surface area contributed by atoms with Gasteiger partial charge in [0.2, 0.25) is 11.8 Å². The lowest BCUT2D eigenvalue weighted by atomic mass is 10.2. The van der Waals surface area contributed by atoms with Crippen LogP contribution in [0.1, 0.15) is 13.8 Å². The number of amides is 3. The fourth-order valence-corrected chi connectivity index (χ4v) is 2.53. The molecule has 0 bridgehead atoms. The van der Waals surface area contributed by atoms with Crippen LogP contribution in [0.2, 0.25) is 0 Å². The molecule has 24 heavy (non-hydrogen) atoms. The first kappa shape index (κ1) is 18.1. The van der Waals surface area contributed by atoms with Crippen LogP contribution in [0.15, 0.2) is 18.2 Å². The van der Waals surface area contributed by atoms with Gasteiger partial charge in [0.25, 0.3) is 5.91 Å². The molecule has 1 aromatic carbocycles. The first-order valence-electron chi connectivity index (χ1n) is 7.70. The molecule has 0 unspecified atom stereocenters. The van der Waals surface area contributed by atoms with E-state index in [9.17, 15) is 14.4 Å². The minimum absolute atomic E-state index is 0.0657. The fourth-order valence-electron chi connectivity index (χ4n) is 2.46. The monoisotopic (exact) mass is 353 g/mol. The number of carbonyl (C=O) groups excluding carboxylic acids is 3. The predicted octanol–water partition coefficient (Wildman–Crippen LogP) is 1.46. The summed E-state index contributed by atoms with van der Waals surface area (Å²) in [4.78, 5) is 39.0. The molecular formula is C16H20ClN3O4. The van der Waals surface area contributed by atoms with Crippen molar-refractivity contribution in [3.63, 3.8) is 0 Å². The standard InChI is InChI=1S/C16H20ClN3O4/c1-3-19(4-2)15(22)9-20-12-7-11(18-14(21)8-17)5-6-13(12)24-10-16(20)23/h5-7H,3-4,8-10H2,1-2H3,(H,18,21). The summed E-state index contributed by atoms with van der Waals surface area (Å²) in [6.07, 6.45) is 0. The van der Waals surface area contributed by atoms with Crippen LogP contribution in [-0.2, 0) is 14.4 Å². The summed E-state index contributed by atoms with van der Waals surface area (Å²) in [7, 11) is 0. The molecule has 0 radical (unpaired) electrons. The van der Waals surface area contributed by atoms with Crippen LogP contribution >= 0.6 is 11.6 Å². The zero-order valence-corrected chi connectivity index (χ0v) is 14.4. The Balaban J connectivity index is 2.27. The molecule has 2 rings (SSSR count). The highest BCUT2D eigenvalue weighted by atomic mass is 35.5. The quantitative estimate of drug-likeness (QED) is 0.785. The van der Waals surface area contributed by atoms with E-state index in [-0.39, 0.29) is 36.8 Å². The second kappa shape index (κ2) is 8.01. The van der Waals surface area contributed by atoms with E-state index in [4.69, 9.17) is 16.3 Å². The minimum atomic E-state index is -0.356. The zero-order valence-electron chi connectivity index (χ0n) is 13.7. The summed E-state index contributed by atoms with van der Waals surface area (Å²) in [5.74, 6) is -0.479. The van der Waals surface area contributed by atoms with Gasteiger partial charge >= 0.3 is 0 Å². The zero-order chi connectivity index (χ0) is 17.7. The number of rotatable bonds is 6. The van der Waals surface area contributed by atoms with Crippen LogP contribution in [0.4, 0.5) is 11.4 Å². The Morgan fingerprint density at radius 2 is 2.04 bits per heavy atom. The highest BCUT2D eigenvalue weighted by Crippen LogP contribution is 2.34. The topological polar surface area (TPSA) is 79.0 Å². The maximum Gasteiger partial charge on any atom is 0.265 e. The van der Waals surface area contributed by atoms with Crippen molar-refractivity contribution in [3.8, 4) is 5.75 Å². The Labute approximate surface area is 145 Å². The molecule has 1 heterocycles. The molecule has 1 aliphatic rings. The Hall–Kier alpha value is -2.28. The lowest BCUT2D eigenvalue weighted by molar-refractivity contribution is -0.131. The second-order valence-electron chi connectivity index (χ2n) is 5.20. The van der Waals surface area contributed by atoms with Crippen molar-refractivity contribution >= 4 is 40.7 Å². The summed E-state index contributed by atoms with van der Waals surface area (Å²) in [6.45, 7) is 4.74. The predicted molar refractivity (Wildman–Crippen MR) is 91.6 cm³/mol. The van der Waals surface area contributed by atoms with Gasteiger partial charge < -0.3 is 15.0 Å². The molecule has 0 atom stereocenters. The van der Waals surface area contributed by atoms with E-state index in [1.54, 1.807) is 23.1 Å². The molecule has 1 aliphatic heterocycles. The van der Waals surface area contributed by atoms with Gasteiger partial charge in [0.05, 0.1) is 5.69 Å². The van der Waals surface area contributed by atoms with Crippen molar-refractivity contribution < 1.29 is 19.1 Å². The Kier molecular flexibility index (Phi) is 6.03. The molecule has 130 valence electrons. The number of nitrogens with one attached hydrogen (secondary N) is 1. The third kappa shape index (κ3) is 3.97. The third-order valence-corrected chi connectivity index (χ3v) is 3.96. The Morgan fingerprint density at radius 3 is 2.67 bits per heavy atom. The van der Waals surface area contributed by atoms with Crippen LogP contribution in [0.25, 0.3) is 0 Å². The van der Waals surface area contributed by atoms with E-state index in [1.165, 1.54) is 4.90 Å². The van der Waals surface area contributed by atoms with Crippen molar-refractivity contribution in [1.29, 1.82) is 0 Å². The van der Waals surface area contributed by atoms with Gasteiger partial charge in [-0.25, -0.2) is 0 Å². The van der Waals surface area contributed by atoms with Crippen molar-refractivity contribution in [2.24, 2.45) is 0 Å². The average Bonchev–Trinajstić information content (AvgIpc) is 2.58. The van der Waals surface area contributed by atoms with Gasteiger partial charge in [-0.2, -0.15) is 0 Å². The highest BCUT2D eigenvalue weighted by Gasteiger charge is 2.28. The van der Waals surface area contributed by atoms with E-state index >= 15 is 0 Å².